The van der Waals surface area contributed by atoms with Crippen LogP contribution >= 0.6 is 23.2 Å². The number of rotatable bonds is 4. The number of fused-ring (bicyclic) bond motifs is 3. The highest BCUT2D eigenvalue weighted by molar-refractivity contribution is 6.36. The van der Waals surface area contributed by atoms with Gasteiger partial charge in [0.2, 0.25) is 5.91 Å². The predicted molar refractivity (Wildman–Crippen MR) is 138 cm³/mol. The molecule has 2 N–H and O–H groups in total. The number of nitrogens with two attached hydrogens (primary N) is 1. The Bertz CT molecular complexity index is 1770. The molecular formula is C28H15Cl2F6N2O. The van der Waals surface area contributed by atoms with Gasteiger partial charge in [-0.25, -0.2) is 0 Å². The molecule has 199 valence electrons. The molecule has 1 heterocycles. The summed E-state index contributed by atoms with van der Waals surface area (Å²) in [6, 6.07) is 17.3. The minimum atomic E-state index is -5.05. The van der Waals surface area contributed by atoms with Crippen molar-refractivity contribution in [2.75, 3.05) is 0 Å². The minimum absolute atomic E-state index is 0.100. The Balaban J connectivity index is 1.80. The second kappa shape index (κ2) is 9.50. The lowest BCUT2D eigenvalue weighted by molar-refractivity contribution is -0.143. The van der Waals surface area contributed by atoms with Gasteiger partial charge in [0.05, 0.1) is 22.2 Å². The molecule has 39 heavy (non-hydrogen) atoms. The third kappa shape index (κ3) is 4.92. The van der Waals surface area contributed by atoms with Crippen molar-refractivity contribution >= 4 is 50.9 Å². The van der Waals surface area contributed by atoms with Crippen LogP contribution in [0.25, 0.3) is 32.9 Å². The quantitative estimate of drug-likeness (QED) is 0.212. The molecule has 0 bridgehead atoms. The minimum Gasteiger partial charge on any atom is -0.366 e. The fraction of sp³-hybridized carbons (Fsp3) is 0.107. The number of carbonyl (C=O) groups is 1. The highest BCUT2D eigenvalue weighted by atomic mass is 35.5. The number of hydrogen-bond acceptors (Lipinski definition) is 1. The molecule has 1 amide bonds. The second-order valence-electron chi connectivity index (χ2n) is 8.79. The summed E-state index contributed by atoms with van der Waals surface area (Å²) in [6.07, 6.45) is -10.0. The van der Waals surface area contributed by atoms with Crippen LogP contribution in [-0.2, 0) is 18.9 Å². The Morgan fingerprint density at radius 3 is 2.28 bits per heavy atom. The Labute approximate surface area is 227 Å². The SMILES string of the molecule is NC(=O)c1cccc2c1c1[c]cc(-c3ccc(Cl)cc3Cl)cc1n2Cc1ccc(C(F)(F)F)cc1C(F)(F)F. The van der Waals surface area contributed by atoms with Crippen LogP contribution in [0.4, 0.5) is 26.3 Å². The zero-order valence-electron chi connectivity index (χ0n) is 19.5. The van der Waals surface area contributed by atoms with Gasteiger partial charge in [0, 0.05) is 38.5 Å². The van der Waals surface area contributed by atoms with E-state index < -0.39 is 41.5 Å². The van der Waals surface area contributed by atoms with Gasteiger partial charge in [-0.2, -0.15) is 26.3 Å². The molecule has 0 saturated heterocycles. The molecule has 0 saturated carbocycles. The summed E-state index contributed by atoms with van der Waals surface area (Å²) < 4.78 is 83.0. The molecule has 0 aliphatic heterocycles. The average molecular weight is 580 g/mol. The van der Waals surface area contributed by atoms with E-state index in [2.05, 4.69) is 6.07 Å². The van der Waals surface area contributed by atoms with E-state index in [-0.39, 0.29) is 11.6 Å². The summed E-state index contributed by atoms with van der Waals surface area (Å²) in [4.78, 5) is 12.2. The van der Waals surface area contributed by atoms with Gasteiger partial charge < -0.3 is 10.3 Å². The van der Waals surface area contributed by atoms with Gasteiger partial charge in [-0.3, -0.25) is 4.79 Å². The van der Waals surface area contributed by atoms with E-state index >= 15 is 0 Å². The van der Waals surface area contributed by atoms with Crippen molar-refractivity contribution in [2.24, 2.45) is 5.73 Å². The van der Waals surface area contributed by atoms with Crippen molar-refractivity contribution < 1.29 is 31.1 Å². The molecule has 0 unspecified atom stereocenters. The molecular weight excluding hydrogens is 565 g/mol. The van der Waals surface area contributed by atoms with Crippen LogP contribution in [0, 0.1) is 6.07 Å². The van der Waals surface area contributed by atoms with E-state index in [1.165, 1.54) is 22.8 Å². The molecule has 4 aromatic carbocycles. The van der Waals surface area contributed by atoms with E-state index in [4.69, 9.17) is 28.9 Å². The van der Waals surface area contributed by atoms with Crippen molar-refractivity contribution in [3.8, 4) is 11.1 Å². The van der Waals surface area contributed by atoms with E-state index in [0.29, 0.717) is 49.0 Å². The van der Waals surface area contributed by atoms with Gasteiger partial charge >= 0.3 is 12.4 Å². The van der Waals surface area contributed by atoms with E-state index in [0.717, 1.165) is 6.07 Å². The van der Waals surface area contributed by atoms with Crippen molar-refractivity contribution in [3.63, 3.8) is 0 Å². The molecule has 0 fully saturated rings. The maximum atomic E-state index is 13.9. The topological polar surface area (TPSA) is 48.0 Å². The highest BCUT2D eigenvalue weighted by Crippen LogP contribution is 2.40. The number of alkyl halides is 6. The van der Waals surface area contributed by atoms with Crippen LogP contribution in [0.1, 0.15) is 27.0 Å². The van der Waals surface area contributed by atoms with Crippen molar-refractivity contribution in [1.29, 1.82) is 0 Å². The molecule has 0 aliphatic carbocycles. The highest BCUT2D eigenvalue weighted by Gasteiger charge is 2.38. The molecule has 0 aliphatic rings. The summed E-state index contributed by atoms with van der Waals surface area (Å²) in [5.74, 6) is -0.761. The largest absolute Gasteiger partial charge is 0.416 e. The smallest absolute Gasteiger partial charge is 0.366 e. The summed E-state index contributed by atoms with van der Waals surface area (Å²) >= 11 is 12.4. The predicted octanol–water partition coefficient (Wildman–Crippen LogP) is 8.75. The maximum Gasteiger partial charge on any atom is 0.416 e. The standard InChI is InChI=1S/C28H15Cl2F6N2O/c29-17-7-9-18(22(30)12-17)14-5-8-19-24(10-14)38(23-3-1-2-20(25(19)23)26(37)39)13-15-4-6-16(27(31,32)33)11-21(15)28(34,35)36/h1-7,9-12H,13H2,(H2,37,39). The molecule has 11 heteroatoms. The number of amides is 1. The Morgan fingerprint density at radius 1 is 0.897 bits per heavy atom. The van der Waals surface area contributed by atoms with Gasteiger partial charge in [-0.05, 0) is 65.7 Å². The lowest BCUT2D eigenvalue weighted by atomic mass is 10.0. The van der Waals surface area contributed by atoms with Gasteiger partial charge in [0.1, 0.15) is 0 Å². The fourth-order valence-corrected chi connectivity index (χ4v) is 5.15. The summed E-state index contributed by atoms with van der Waals surface area (Å²) in [6.45, 7) is -0.458. The third-order valence-corrected chi connectivity index (χ3v) is 6.92. The first-order valence-electron chi connectivity index (χ1n) is 11.2. The van der Waals surface area contributed by atoms with Crippen LogP contribution in [0.15, 0.2) is 66.7 Å². The van der Waals surface area contributed by atoms with Crippen LogP contribution in [0.3, 0.4) is 0 Å². The molecule has 1 aromatic heterocycles. The molecule has 0 atom stereocenters. The lowest BCUT2D eigenvalue weighted by Crippen LogP contribution is -2.15. The first kappa shape index (κ1) is 26.9. The zero-order chi connectivity index (χ0) is 28.3. The number of benzene rings is 4. The first-order chi connectivity index (χ1) is 18.3. The summed E-state index contributed by atoms with van der Waals surface area (Å²) in [5.41, 5.74) is 4.32. The number of hydrogen-bond donors (Lipinski definition) is 1. The average Bonchev–Trinajstić information content (AvgIpc) is 3.15. The molecule has 1 radical (unpaired) electrons. The Morgan fingerprint density at radius 2 is 1.64 bits per heavy atom. The molecule has 5 rings (SSSR count). The summed E-state index contributed by atoms with van der Waals surface area (Å²) in [5, 5.41) is 1.47. The van der Waals surface area contributed by atoms with Crippen LogP contribution in [0.5, 0.6) is 0 Å². The van der Waals surface area contributed by atoms with Gasteiger partial charge in [-0.15, -0.1) is 0 Å². The van der Waals surface area contributed by atoms with E-state index in [1.54, 1.807) is 30.3 Å². The first-order valence-corrected chi connectivity index (χ1v) is 12.0. The Kier molecular flexibility index (Phi) is 6.55. The van der Waals surface area contributed by atoms with Crippen LogP contribution in [-0.4, -0.2) is 10.5 Å². The monoisotopic (exact) mass is 579 g/mol. The molecule has 0 spiro atoms. The van der Waals surface area contributed by atoms with Crippen molar-refractivity contribution in [2.45, 2.75) is 18.9 Å². The zero-order valence-corrected chi connectivity index (χ0v) is 21.0. The van der Waals surface area contributed by atoms with Gasteiger partial charge in [0.15, 0.2) is 0 Å². The number of aromatic nitrogens is 1. The molecule has 5 aromatic rings. The van der Waals surface area contributed by atoms with Crippen molar-refractivity contribution in [3.05, 3.63) is 105 Å². The van der Waals surface area contributed by atoms with E-state index in [1.807, 2.05) is 0 Å². The molecule has 3 nitrogen and oxygen atoms in total. The number of halogens is 8. The van der Waals surface area contributed by atoms with Gasteiger partial charge in [-0.1, -0.05) is 41.4 Å². The fourth-order valence-electron chi connectivity index (χ4n) is 4.64. The van der Waals surface area contributed by atoms with E-state index in [9.17, 15) is 31.1 Å². The number of carbonyl (C=O) groups excluding carboxylic acids is 1. The maximum absolute atomic E-state index is 13.9. The summed E-state index contributed by atoms with van der Waals surface area (Å²) in [7, 11) is 0. The third-order valence-electron chi connectivity index (χ3n) is 6.37. The lowest BCUT2D eigenvalue weighted by Gasteiger charge is -2.17. The Hall–Kier alpha value is -3.69. The number of primary amides is 1. The van der Waals surface area contributed by atoms with Gasteiger partial charge in [0.25, 0.3) is 0 Å². The van der Waals surface area contributed by atoms with Crippen molar-refractivity contribution in [1.82, 2.24) is 4.57 Å². The second-order valence-corrected chi connectivity index (χ2v) is 9.63. The number of nitrogens with zero attached hydrogens (tertiary/aromatic N) is 1. The van der Waals surface area contributed by atoms with Crippen LogP contribution < -0.4 is 5.73 Å². The van der Waals surface area contributed by atoms with Crippen LogP contribution in [0.2, 0.25) is 10.0 Å². The normalized spacial score (nSPS) is 12.4.